The second kappa shape index (κ2) is 8.81. The SMILES string of the molecule is O=C([O-])CCNC(=O)CCCCCn1cnc2ccccc2c1=O. The first kappa shape index (κ1) is 17.7. The highest BCUT2D eigenvalue weighted by Gasteiger charge is 2.04. The third kappa shape index (κ3) is 5.19. The van der Waals surface area contributed by atoms with E-state index in [-0.39, 0.29) is 24.4 Å². The predicted octanol–water partition coefficient (Wildman–Crippen LogP) is 0.213. The number of para-hydroxylation sites is 1. The number of rotatable bonds is 9. The molecule has 0 atom stereocenters. The lowest BCUT2D eigenvalue weighted by atomic mass is 10.2. The number of unbranched alkanes of at least 4 members (excludes halogenated alkanes) is 2. The van der Waals surface area contributed by atoms with Crippen LogP contribution in [0.4, 0.5) is 0 Å². The van der Waals surface area contributed by atoms with Crippen LogP contribution in [0.3, 0.4) is 0 Å². The summed E-state index contributed by atoms with van der Waals surface area (Å²) in [5.41, 5.74) is 0.632. The van der Waals surface area contributed by atoms with Crippen molar-refractivity contribution < 1.29 is 14.7 Å². The largest absolute Gasteiger partial charge is 0.550 e. The number of fused-ring (bicyclic) bond motifs is 1. The molecule has 1 aromatic carbocycles. The first-order valence-electron chi connectivity index (χ1n) is 7.98. The normalized spacial score (nSPS) is 10.7. The summed E-state index contributed by atoms with van der Waals surface area (Å²) in [6.45, 7) is 0.655. The molecule has 0 unspecified atom stereocenters. The van der Waals surface area contributed by atoms with Crippen LogP contribution in [0.1, 0.15) is 32.1 Å². The molecule has 7 heteroatoms. The van der Waals surface area contributed by atoms with Gasteiger partial charge in [-0.2, -0.15) is 0 Å². The molecule has 0 radical (unpaired) electrons. The molecule has 1 amide bonds. The summed E-state index contributed by atoms with van der Waals surface area (Å²) >= 11 is 0. The highest BCUT2D eigenvalue weighted by atomic mass is 16.4. The molecule has 24 heavy (non-hydrogen) atoms. The fraction of sp³-hybridized carbons (Fsp3) is 0.412. The molecule has 0 saturated heterocycles. The molecule has 1 heterocycles. The molecule has 1 aromatic heterocycles. The lowest BCUT2D eigenvalue weighted by Gasteiger charge is -2.07. The molecule has 0 aliphatic carbocycles. The zero-order chi connectivity index (χ0) is 17.4. The van der Waals surface area contributed by atoms with Gasteiger partial charge in [-0.3, -0.25) is 14.2 Å². The summed E-state index contributed by atoms with van der Waals surface area (Å²) < 4.78 is 1.59. The number of benzene rings is 1. The maximum Gasteiger partial charge on any atom is 0.261 e. The summed E-state index contributed by atoms with van der Waals surface area (Å²) in [5, 5.41) is 13.4. The number of carboxylic acid groups (broad SMARTS) is 1. The predicted molar refractivity (Wildman–Crippen MR) is 87.1 cm³/mol. The molecule has 0 bridgehead atoms. The van der Waals surface area contributed by atoms with E-state index in [1.54, 1.807) is 23.0 Å². The van der Waals surface area contributed by atoms with Gasteiger partial charge in [0.1, 0.15) is 0 Å². The number of nitrogens with one attached hydrogen (secondary N) is 1. The Labute approximate surface area is 139 Å². The van der Waals surface area contributed by atoms with Gasteiger partial charge in [-0.15, -0.1) is 0 Å². The fourth-order valence-corrected chi connectivity index (χ4v) is 2.40. The van der Waals surface area contributed by atoms with E-state index in [0.29, 0.717) is 30.3 Å². The van der Waals surface area contributed by atoms with Crippen LogP contribution in [-0.2, 0) is 16.1 Å². The monoisotopic (exact) mass is 330 g/mol. The molecular weight excluding hydrogens is 310 g/mol. The van der Waals surface area contributed by atoms with Gasteiger partial charge in [0.25, 0.3) is 5.56 Å². The number of aromatic nitrogens is 2. The lowest BCUT2D eigenvalue weighted by Crippen LogP contribution is -2.30. The molecule has 1 N–H and O–H groups in total. The summed E-state index contributed by atoms with van der Waals surface area (Å²) in [7, 11) is 0. The Morgan fingerprint density at radius 2 is 1.92 bits per heavy atom. The minimum absolute atomic E-state index is 0.0550. The third-order valence-corrected chi connectivity index (χ3v) is 3.69. The van der Waals surface area contributed by atoms with E-state index in [2.05, 4.69) is 10.3 Å². The number of nitrogens with zero attached hydrogens (tertiary/aromatic N) is 2. The maximum atomic E-state index is 12.3. The van der Waals surface area contributed by atoms with Crippen LogP contribution >= 0.6 is 0 Å². The van der Waals surface area contributed by atoms with Crippen molar-refractivity contribution >= 4 is 22.8 Å². The van der Waals surface area contributed by atoms with E-state index in [9.17, 15) is 19.5 Å². The van der Waals surface area contributed by atoms with Crippen LogP contribution in [0.5, 0.6) is 0 Å². The highest BCUT2D eigenvalue weighted by molar-refractivity contribution is 5.77. The Morgan fingerprint density at radius 1 is 1.12 bits per heavy atom. The number of aliphatic carboxylic acids is 1. The molecule has 2 aromatic rings. The lowest BCUT2D eigenvalue weighted by molar-refractivity contribution is -0.305. The number of aryl methyl sites for hydroxylation is 1. The Kier molecular flexibility index (Phi) is 6.48. The Balaban J connectivity index is 1.71. The average Bonchev–Trinajstić information content (AvgIpc) is 2.56. The fourth-order valence-electron chi connectivity index (χ4n) is 2.40. The van der Waals surface area contributed by atoms with Crippen molar-refractivity contribution in [1.82, 2.24) is 14.9 Å². The standard InChI is InChI=1S/C17H21N3O4/c21-15(18-10-9-16(22)23)8-2-1-5-11-20-12-19-14-7-4-3-6-13(14)17(20)24/h3-4,6-7,12H,1-2,5,8-11H2,(H,18,21)(H,22,23)/p-1. The molecule has 0 spiro atoms. The van der Waals surface area contributed by atoms with Gasteiger partial charge in [-0.25, -0.2) is 4.98 Å². The molecule has 2 rings (SSSR count). The second-order valence-electron chi connectivity index (χ2n) is 5.54. The zero-order valence-corrected chi connectivity index (χ0v) is 13.4. The minimum Gasteiger partial charge on any atom is -0.550 e. The van der Waals surface area contributed by atoms with Crippen LogP contribution in [0.2, 0.25) is 0 Å². The van der Waals surface area contributed by atoms with Crippen LogP contribution in [0.25, 0.3) is 10.9 Å². The van der Waals surface area contributed by atoms with Gasteiger partial charge in [0.15, 0.2) is 0 Å². The van der Waals surface area contributed by atoms with Gasteiger partial charge >= 0.3 is 0 Å². The van der Waals surface area contributed by atoms with Crippen molar-refractivity contribution in [2.24, 2.45) is 0 Å². The minimum atomic E-state index is -1.18. The van der Waals surface area contributed by atoms with Gasteiger partial charge in [0.05, 0.1) is 17.2 Å². The zero-order valence-electron chi connectivity index (χ0n) is 13.4. The van der Waals surface area contributed by atoms with Crippen LogP contribution < -0.4 is 16.0 Å². The van der Waals surface area contributed by atoms with Crippen LogP contribution in [-0.4, -0.2) is 28.0 Å². The summed E-state index contributed by atoms with van der Waals surface area (Å²) in [5.74, 6) is -1.34. The van der Waals surface area contributed by atoms with Crippen molar-refractivity contribution in [2.45, 2.75) is 38.6 Å². The van der Waals surface area contributed by atoms with E-state index in [0.717, 1.165) is 12.8 Å². The molecule has 0 saturated carbocycles. The van der Waals surface area contributed by atoms with Gasteiger partial charge in [0.2, 0.25) is 5.91 Å². The molecule has 128 valence electrons. The topological polar surface area (TPSA) is 104 Å². The van der Waals surface area contributed by atoms with Crippen molar-refractivity contribution in [3.63, 3.8) is 0 Å². The second-order valence-corrected chi connectivity index (χ2v) is 5.54. The van der Waals surface area contributed by atoms with E-state index < -0.39 is 5.97 Å². The van der Waals surface area contributed by atoms with Gasteiger partial charge in [0, 0.05) is 31.9 Å². The molecule has 0 aliphatic rings. The summed E-state index contributed by atoms with van der Waals surface area (Å²) in [6.07, 6.45) is 3.98. The number of amides is 1. The number of carbonyl (C=O) groups is 2. The van der Waals surface area contributed by atoms with E-state index in [1.165, 1.54) is 0 Å². The Morgan fingerprint density at radius 3 is 2.71 bits per heavy atom. The van der Waals surface area contributed by atoms with Gasteiger partial charge < -0.3 is 15.2 Å². The average molecular weight is 330 g/mol. The Hall–Kier alpha value is -2.70. The summed E-state index contributed by atoms with van der Waals surface area (Å²) in [6, 6.07) is 7.23. The van der Waals surface area contributed by atoms with Crippen molar-refractivity contribution in [3.05, 3.63) is 40.9 Å². The van der Waals surface area contributed by atoms with Crippen molar-refractivity contribution in [3.8, 4) is 0 Å². The number of carboxylic acids is 1. The smallest absolute Gasteiger partial charge is 0.261 e. The molecule has 7 nitrogen and oxygen atoms in total. The highest BCUT2D eigenvalue weighted by Crippen LogP contribution is 2.06. The van der Waals surface area contributed by atoms with Gasteiger partial charge in [-0.05, 0) is 25.0 Å². The molecular formula is C17H20N3O4-. The molecule has 0 aliphatic heterocycles. The molecule has 0 fully saturated rings. The quantitative estimate of drug-likeness (QED) is 0.662. The number of carbonyl (C=O) groups excluding carboxylic acids is 2. The van der Waals surface area contributed by atoms with Crippen LogP contribution in [0.15, 0.2) is 35.4 Å². The van der Waals surface area contributed by atoms with Gasteiger partial charge in [-0.1, -0.05) is 18.6 Å². The maximum absolute atomic E-state index is 12.3. The number of hydrogen-bond donors (Lipinski definition) is 1. The summed E-state index contributed by atoms with van der Waals surface area (Å²) in [4.78, 5) is 38.2. The Bertz CT molecular complexity index is 770. The first-order chi connectivity index (χ1) is 11.6. The van der Waals surface area contributed by atoms with Crippen LogP contribution in [0, 0.1) is 0 Å². The van der Waals surface area contributed by atoms with Crippen molar-refractivity contribution in [2.75, 3.05) is 6.54 Å². The third-order valence-electron chi connectivity index (χ3n) is 3.69. The van der Waals surface area contributed by atoms with E-state index in [1.807, 2.05) is 12.1 Å². The first-order valence-corrected chi connectivity index (χ1v) is 7.98. The van der Waals surface area contributed by atoms with E-state index >= 15 is 0 Å². The van der Waals surface area contributed by atoms with E-state index in [4.69, 9.17) is 0 Å². The number of hydrogen-bond acceptors (Lipinski definition) is 5. The van der Waals surface area contributed by atoms with Crippen molar-refractivity contribution in [1.29, 1.82) is 0 Å².